The SMILES string of the molecule is CCCc1ccc(/C(C)=C/C(=O)OC)cc1. The summed E-state index contributed by atoms with van der Waals surface area (Å²) in [7, 11) is 1.39. The zero-order chi connectivity index (χ0) is 12.0. The number of benzene rings is 1. The summed E-state index contributed by atoms with van der Waals surface area (Å²) in [5, 5.41) is 0. The molecule has 0 aliphatic heterocycles. The van der Waals surface area contributed by atoms with Crippen LogP contribution in [0.25, 0.3) is 5.57 Å². The predicted octanol–water partition coefficient (Wildman–Crippen LogP) is 3.22. The van der Waals surface area contributed by atoms with Crippen molar-refractivity contribution < 1.29 is 9.53 Å². The van der Waals surface area contributed by atoms with Crippen LogP contribution in [0.4, 0.5) is 0 Å². The molecule has 1 aromatic carbocycles. The van der Waals surface area contributed by atoms with Gasteiger partial charge in [-0.2, -0.15) is 0 Å². The van der Waals surface area contributed by atoms with E-state index in [0.29, 0.717) is 0 Å². The van der Waals surface area contributed by atoms with Crippen molar-refractivity contribution in [2.45, 2.75) is 26.7 Å². The lowest BCUT2D eigenvalue weighted by atomic mass is 10.0. The Kier molecular flexibility index (Phi) is 4.77. The summed E-state index contributed by atoms with van der Waals surface area (Å²) in [5.41, 5.74) is 3.32. The number of carbonyl (C=O) groups excluding carboxylic acids is 1. The summed E-state index contributed by atoms with van der Waals surface area (Å²) >= 11 is 0. The van der Waals surface area contributed by atoms with Crippen molar-refractivity contribution >= 4 is 11.5 Å². The Hall–Kier alpha value is -1.57. The molecule has 2 heteroatoms. The molecule has 0 saturated heterocycles. The molecule has 0 bridgehead atoms. The van der Waals surface area contributed by atoms with E-state index in [2.05, 4.69) is 23.8 Å². The second kappa shape index (κ2) is 6.11. The second-order valence-electron chi connectivity index (χ2n) is 3.80. The molecule has 0 heterocycles. The van der Waals surface area contributed by atoms with E-state index >= 15 is 0 Å². The zero-order valence-corrected chi connectivity index (χ0v) is 10.1. The number of allylic oxidation sites excluding steroid dienone is 1. The van der Waals surface area contributed by atoms with Gasteiger partial charge in [-0.3, -0.25) is 0 Å². The van der Waals surface area contributed by atoms with Gasteiger partial charge in [-0.25, -0.2) is 4.79 Å². The van der Waals surface area contributed by atoms with E-state index in [1.807, 2.05) is 19.1 Å². The van der Waals surface area contributed by atoms with Crippen LogP contribution in [0, 0.1) is 0 Å². The minimum absolute atomic E-state index is 0.310. The fourth-order valence-corrected chi connectivity index (χ4v) is 1.54. The highest BCUT2D eigenvalue weighted by Crippen LogP contribution is 2.15. The molecule has 1 aromatic rings. The number of rotatable bonds is 4. The van der Waals surface area contributed by atoms with Crippen molar-refractivity contribution in [3.05, 3.63) is 41.5 Å². The molecular formula is C14H18O2. The minimum atomic E-state index is -0.310. The van der Waals surface area contributed by atoms with Gasteiger partial charge in [0.2, 0.25) is 0 Å². The standard InChI is InChI=1S/C14H18O2/c1-4-5-12-6-8-13(9-7-12)11(2)10-14(15)16-3/h6-10H,4-5H2,1-3H3/b11-10+. The minimum Gasteiger partial charge on any atom is -0.466 e. The first-order valence-corrected chi connectivity index (χ1v) is 5.53. The maximum Gasteiger partial charge on any atom is 0.330 e. The molecule has 0 N–H and O–H groups in total. The van der Waals surface area contributed by atoms with Crippen molar-refractivity contribution in [1.29, 1.82) is 0 Å². The maximum atomic E-state index is 11.1. The van der Waals surface area contributed by atoms with Crippen molar-refractivity contribution in [2.75, 3.05) is 7.11 Å². The average molecular weight is 218 g/mol. The average Bonchev–Trinajstić information content (AvgIpc) is 2.30. The molecule has 86 valence electrons. The molecule has 0 saturated carbocycles. The third kappa shape index (κ3) is 3.54. The molecule has 0 radical (unpaired) electrons. The first kappa shape index (κ1) is 12.5. The molecule has 0 aromatic heterocycles. The third-order valence-corrected chi connectivity index (χ3v) is 2.48. The number of carbonyl (C=O) groups is 1. The highest BCUT2D eigenvalue weighted by molar-refractivity contribution is 5.90. The van der Waals surface area contributed by atoms with Gasteiger partial charge in [-0.15, -0.1) is 0 Å². The van der Waals surface area contributed by atoms with Gasteiger partial charge in [0.05, 0.1) is 7.11 Å². The van der Waals surface area contributed by atoms with Crippen LogP contribution in [0.1, 0.15) is 31.4 Å². The van der Waals surface area contributed by atoms with E-state index in [1.165, 1.54) is 18.7 Å². The molecule has 0 atom stereocenters. The second-order valence-corrected chi connectivity index (χ2v) is 3.80. The predicted molar refractivity (Wildman–Crippen MR) is 66.1 cm³/mol. The first-order valence-electron chi connectivity index (χ1n) is 5.53. The monoisotopic (exact) mass is 218 g/mol. The Morgan fingerprint density at radius 3 is 2.44 bits per heavy atom. The Morgan fingerprint density at radius 2 is 1.94 bits per heavy atom. The zero-order valence-electron chi connectivity index (χ0n) is 10.1. The topological polar surface area (TPSA) is 26.3 Å². The smallest absolute Gasteiger partial charge is 0.330 e. The molecule has 0 aliphatic rings. The van der Waals surface area contributed by atoms with Crippen LogP contribution in [0.2, 0.25) is 0 Å². The van der Waals surface area contributed by atoms with Crippen LogP contribution in [0.3, 0.4) is 0 Å². The van der Waals surface area contributed by atoms with Crippen LogP contribution in [0.15, 0.2) is 30.3 Å². The Labute approximate surface area is 96.9 Å². The first-order chi connectivity index (χ1) is 7.67. The number of esters is 1. The Balaban J connectivity index is 2.81. The van der Waals surface area contributed by atoms with Gasteiger partial charge >= 0.3 is 5.97 Å². The number of hydrogen-bond donors (Lipinski definition) is 0. The molecule has 0 spiro atoms. The Bertz CT molecular complexity index is 374. The van der Waals surface area contributed by atoms with Crippen molar-refractivity contribution in [3.8, 4) is 0 Å². The van der Waals surface area contributed by atoms with E-state index in [1.54, 1.807) is 0 Å². The normalized spacial score (nSPS) is 11.3. The van der Waals surface area contributed by atoms with Gasteiger partial charge in [0, 0.05) is 6.08 Å². The largest absolute Gasteiger partial charge is 0.466 e. The molecule has 0 unspecified atom stereocenters. The summed E-state index contributed by atoms with van der Waals surface area (Å²) in [6.45, 7) is 4.07. The molecule has 0 amide bonds. The van der Waals surface area contributed by atoms with Crippen LogP contribution in [-0.2, 0) is 16.0 Å². The fraction of sp³-hybridized carbons (Fsp3) is 0.357. The molecule has 0 aliphatic carbocycles. The molecule has 1 rings (SSSR count). The molecule has 16 heavy (non-hydrogen) atoms. The summed E-state index contributed by atoms with van der Waals surface area (Å²) in [6.07, 6.45) is 3.76. The van der Waals surface area contributed by atoms with Crippen LogP contribution < -0.4 is 0 Å². The lowest BCUT2D eigenvalue weighted by Gasteiger charge is -2.03. The Morgan fingerprint density at radius 1 is 1.31 bits per heavy atom. The summed E-state index contributed by atoms with van der Waals surface area (Å²) in [4.78, 5) is 11.1. The number of hydrogen-bond acceptors (Lipinski definition) is 2. The van der Waals surface area contributed by atoms with Crippen molar-refractivity contribution in [1.82, 2.24) is 0 Å². The molecule has 0 fully saturated rings. The van der Waals surface area contributed by atoms with Gasteiger partial charge in [-0.1, -0.05) is 37.6 Å². The fourth-order valence-electron chi connectivity index (χ4n) is 1.54. The van der Waals surface area contributed by atoms with E-state index in [-0.39, 0.29) is 5.97 Å². The highest BCUT2D eigenvalue weighted by Gasteiger charge is 2.00. The summed E-state index contributed by atoms with van der Waals surface area (Å²) in [5.74, 6) is -0.310. The van der Waals surface area contributed by atoms with Gasteiger partial charge in [-0.05, 0) is 30.0 Å². The van der Waals surface area contributed by atoms with Gasteiger partial charge < -0.3 is 4.74 Å². The van der Waals surface area contributed by atoms with Crippen LogP contribution >= 0.6 is 0 Å². The highest BCUT2D eigenvalue weighted by atomic mass is 16.5. The van der Waals surface area contributed by atoms with Crippen LogP contribution in [-0.4, -0.2) is 13.1 Å². The van der Waals surface area contributed by atoms with Crippen molar-refractivity contribution in [2.24, 2.45) is 0 Å². The van der Waals surface area contributed by atoms with E-state index in [4.69, 9.17) is 0 Å². The quantitative estimate of drug-likeness (QED) is 0.573. The number of methoxy groups -OCH3 is 1. The summed E-state index contributed by atoms with van der Waals surface area (Å²) in [6, 6.07) is 8.29. The van der Waals surface area contributed by atoms with E-state index < -0.39 is 0 Å². The van der Waals surface area contributed by atoms with Gasteiger partial charge in [0.15, 0.2) is 0 Å². The third-order valence-electron chi connectivity index (χ3n) is 2.48. The van der Waals surface area contributed by atoms with Gasteiger partial charge in [0.1, 0.15) is 0 Å². The maximum absolute atomic E-state index is 11.1. The lowest BCUT2D eigenvalue weighted by Crippen LogP contribution is -1.95. The lowest BCUT2D eigenvalue weighted by molar-refractivity contribution is -0.134. The van der Waals surface area contributed by atoms with E-state index in [9.17, 15) is 4.79 Å². The summed E-state index contributed by atoms with van der Waals surface area (Å²) < 4.78 is 4.59. The van der Waals surface area contributed by atoms with E-state index in [0.717, 1.165) is 24.0 Å². The van der Waals surface area contributed by atoms with Crippen molar-refractivity contribution in [3.63, 3.8) is 0 Å². The van der Waals surface area contributed by atoms with Gasteiger partial charge in [0.25, 0.3) is 0 Å². The molecular weight excluding hydrogens is 200 g/mol. The number of aryl methyl sites for hydroxylation is 1. The molecule has 2 nitrogen and oxygen atoms in total. The number of ether oxygens (including phenoxy) is 1. The van der Waals surface area contributed by atoms with Crippen LogP contribution in [0.5, 0.6) is 0 Å².